The number of nitrogens with one attached hydrogen (secondary N) is 1. The van der Waals surface area contributed by atoms with E-state index in [2.05, 4.69) is 5.32 Å². The lowest BCUT2D eigenvalue weighted by Crippen LogP contribution is -2.55. The second kappa shape index (κ2) is 9.11. The predicted octanol–water partition coefficient (Wildman–Crippen LogP) is 5.39. The topological polar surface area (TPSA) is 84.9 Å². The van der Waals surface area contributed by atoms with Gasteiger partial charge in [0, 0.05) is 18.2 Å². The summed E-state index contributed by atoms with van der Waals surface area (Å²) < 4.78 is 10.2. The van der Waals surface area contributed by atoms with E-state index in [1.807, 2.05) is 6.07 Å². The smallest absolute Gasteiger partial charge is 0.438 e. The quantitative estimate of drug-likeness (QED) is 0.362. The summed E-state index contributed by atoms with van der Waals surface area (Å²) in [6.45, 7) is 0. The summed E-state index contributed by atoms with van der Waals surface area (Å²) in [4.78, 5) is 27.7. The van der Waals surface area contributed by atoms with Gasteiger partial charge < -0.3 is 14.6 Å². The monoisotopic (exact) mass is 483 g/mol. The van der Waals surface area contributed by atoms with Gasteiger partial charge in [-0.25, -0.2) is 9.59 Å². The molecule has 168 valence electrons. The fraction of sp³-hybridized carbons (Fsp3) is 0.0833. The Morgan fingerprint density at radius 3 is 2.33 bits per heavy atom. The van der Waals surface area contributed by atoms with Crippen LogP contribution in [0.15, 0.2) is 66.9 Å². The van der Waals surface area contributed by atoms with Gasteiger partial charge in [-0.15, -0.1) is 15.8 Å². The Hall–Kier alpha value is -3.59. The third-order valence-corrected chi connectivity index (χ3v) is 6.47. The number of ether oxygens (including phenoxy) is 2. The number of para-hydroxylation sites is 1. The van der Waals surface area contributed by atoms with E-state index >= 15 is 0 Å². The summed E-state index contributed by atoms with van der Waals surface area (Å²) in [6, 6.07) is 14.9. The maximum absolute atomic E-state index is 13.8. The molecule has 33 heavy (non-hydrogen) atoms. The molecule has 1 aromatic heterocycles. The molecule has 0 saturated heterocycles. The van der Waals surface area contributed by atoms with Crippen LogP contribution in [0.3, 0.4) is 0 Å². The van der Waals surface area contributed by atoms with E-state index in [1.165, 1.54) is 37.8 Å². The molecule has 2 N–H and O–H groups in total. The average Bonchev–Trinajstić information content (AvgIpc) is 3.41. The van der Waals surface area contributed by atoms with Crippen molar-refractivity contribution in [1.82, 2.24) is 9.80 Å². The normalized spacial score (nSPS) is 17.7. The number of carbonyl (C=O) groups excluding carboxylic acids is 2. The van der Waals surface area contributed by atoms with Crippen LogP contribution in [-0.4, -0.2) is 31.3 Å². The minimum absolute atomic E-state index is 0.144. The van der Waals surface area contributed by atoms with E-state index in [-0.39, 0.29) is 17.2 Å². The SMILES string of the molecule is COc1cc(C=CC(=O)[N+]2(c3ccccc3)C(=O)NC=C2c2ccc(Cl)s2)cc(OC)c1O. The number of aromatic hydroxyl groups is 1. The first-order valence-corrected chi connectivity index (χ1v) is 11.0. The number of halogens is 1. The summed E-state index contributed by atoms with van der Waals surface area (Å²) in [5, 5.41) is 12.8. The number of quaternary nitrogens is 1. The minimum Gasteiger partial charge on any atom is -0.502 e. The maximum atomic E-state index is 13.8. The number of hydrogen-bond acceptors (Lipinski definition) is 6. The number of phenolic OH excluding ortho intramolecular Hbond substituents is 1. The molecule has 0 fully saturated rings. The Morgan fingerprint density at radius 1 is 1.09 bits per heavy atom. The summed E-state index contributed by atoms with van der Waals surface area (Å²) in [7, 11) is 2.83. The zero-order valence-corrected chi connectivity index (χ0v) is 19.3. The number of hydrogen-bond donors (Lipinski definition) is 2. The molecule has 2 aromatic carbocycles. The average molecular weight is 484 g/mol. The van der Waals surface area contributed by atoms with Crippen LogP contribution in [0.5, 0.6) is 17.2 Å². The molecular formula is C24H20ClN2O5S+. The van der Waals surface area contributed by atoms with Gasteiger partial charge in [0.2, 0.25) is 5.75 Å². The zero-order chi connectivity index (χ0) is 23.6. The van der Waals surface area contributed by atoms with Crippen LogP contribution in [0.4, 0.5) is 10.5 Å². The minimum atomic E-state index is -0.680. The first-order valence-electron chi connectivity index (χ1n) is 9.81. The molecule has 3 amide bonds. The molecular weight excluding hydrogens is 464 g/mol. The highest BCUT2D eigenvalue weighted by Gasteiger charge is 2.54. The van der Waals surface area contributed by atoms with Crippen molar-refractivity contribution in [2.24, 2.45) is 0 Å². The lowest BCUT2D eigenvalue weighted by Gasteiger charge is -2.27. The first kappa shape index (κ1) is 22.6. The molecule has 1 aliphatic rings. The van der Waals surface area contributed by atoms with Crippen molar-refractivity contribution in [1.29, 1.82) is 0 Å². The van der Waals surface area contributed by atoms with Crippen molar-refractivity contribution < 1.29 is 24.2 Å². The lowest BCUT2D eigenvalue weighted by atomic mass is 10.1. The van der Waals surface area contributed by atoms with Gasteiger partial charge in [0.25, 0.3) is 0 Å². The van der Waals surface area contributed by atoms with Gasteiger partial charge in [-0.2, -0.15) is 0 Å². The van der Waals surface area contributed by atoms with Crippen LogP contribution in [0.1, 0.15) is 10.4 Å². The Morgan fingerprint density at radius 2 is 1.76 bits per heavy atom. The summed E-state index contributed by atoms with van der Waals surface area (Å²) in [6.07, 6.45) is 4.41. The third kappa shape index (κ3) is 3.89. The molecule has 0 radical (unpaired) electrons. The van der Waals surface area contributed by atoms with E-state index < -0.39 is 16.4 Å². The predicted molar refractivity (Wildman–Crippen MR) is 129 cm³/mol. The van der Waals surface area contributed by atoms with Crippen LogP contribution < -0.4 is 19.3 Å². The molecule has 1 unspecified atom stereocenters. The first-order chi connectivity index (χ1) is 15.9. The van der Waals surface area contributed by atoms with Crippen molar-refractivity contribution in [3.63, 3.8) is 0 Å². The number of nitrogens with zero attached hydrogens (tertiary/aromatic N) is 1. The van der Waals surface area contributed by atoms with Gasteiger partial charge in [-0.05, 0) is 35.9 Å². The van der Waals surface area contributed by atoms with Crippen LogP contribution >= 0.6 is 22.9 Å². The highest BCUT2D eigenvalue weighted by Crippen LogP contribution is 2.42. The molecule has 0 saturated carbocycles. The third-order valence-electron chi connectivity index (χ3n) is 5.22. The molecule has 1 aliphatic heterocycles. The van der Waals surface area contributed by atoms with Crippen molar-refractivity contribution in [3.05, 3.63) is 81.7 Å². The Labute approximate surface area is 199 Å². The van der Waals surface area contributed by atoms with Crippen molar-refractivity contribution in [2.75, 3.05) is 14.2 Å². The Kier molecular flexibility index (Phi) is 6.24. The van der Waals surface area contributed by atoms with Crippen molar-refractivity contribution in [2.45, 2.75) is 0 Å². The van der Waals surface area contributed by atoms with Gasteiger partial charge >= 0.3 is 11.9 Å². The number of thiophene rings is 1. The molecule has 2 heterocycles. The van der Waals surface area contributed by atoms with Gasteiger partial charge in [0.1, 0.15) is 0 Å². The zero-order valence-electron chi connectivity index (χ0n) is 17.7. The van der Waals surface area contributed by atoms with Crippen molar-refractivity contribution >= 4 is 52.3 Å². The van der Waals surface area contributed by atoms with Crippen LogP contribution in [-0.2, 0) is 4.79 Å². The van der Waals surface area contributed by atoms with Crippen LogP contribution in [0, 0.1) is 0 Å². The molecule has 4 rings (SSSR count). The second-order valence-electron chi connectivity index (χ2n) is 7.03. The number of urea groups is 1. The number of phenols is 1. The lowest BCUT2D eigenvalue weighted by molar-refractivity contribution is -0.120. The van der Waals surface area contributed by atoms with Gasteiger partial charge in [0.15, 0.2) is 22.9 Å². The number of amides is 3. The standard InChI is InChI=1S/C24H19ClN2O5S/c1-31-18-12-15(13-19(32-2)23(18)29)8-11-22(28)27(16-6-4-3-5-7-16)17(14-26-24(27)30)20-9-10-21(25)33-20/h3-14H,1-2H3,(H-,26,28,29,30)/p+1. The summed E-state index contributed by atoms with van der Waals surface area (Å²) in [5.74, 6) is -0.241. The Bertz CT molecular complexity index is 1260. The molecule has 0 spiro atoms. The molecule has 0 aliphatic carbocycles. The molecule has 0 bridgehead atoms. The van der Waals surface area contributed by atoms with E-state index in [0.29, 0.717) is 26.2 Å². The Balaban J connectivity index is 1.82. The van der Waals surface area contributed by atoms with Gasteiger partial charge in [0.05, 0.1) is 29.6 Å². The van der Waals surface area contributed by atoms with Gasteiger partial charge in [-0.1, -0.05) is 29.8 Å². The van der Waals surface area contributed by atoms with E-state index in [0.717, 1.165) is 0 Å². The molecule has 7 nitrogen and oxygen atoms in total. The highest BCUT2D eigenvalue weighted by molar-refractivity contribution is 7.17. The van der Waals surface area contributed by atoms with Gasteiger partial charge in [-0.3, -0.25) is 5.32 Å². The van der Waals surface area contributed by atoms with Crippen LogP contribution in [0.2, 0.25) is 4.34 Å². The van der Waals surface area contributed by atoms with E-state index in [1.54, 1.807) is 54.6 Å². The number of imide groups is 1. The second-order valence-corrected chi connectivity index (χ2v) is 8.75. The largest absolute Gasteiger partial charge is 0.502 e. The fourth-order valence-corrected chi connectivity index (χ4v) is 4.76. The molecule has 3 aromatic rings. The summed E-state index contributed by atoms with van der Waals surface area (Å²) >= 11 is 7.42. The number of methoxy groups -OCH3 is 2. The van der Waals surface area contributed by atoms with Crippen LogP contribution in [0.25, 0.3) is 11.8 Å². The number of carbonyl (C=O) groups is 2. The summed E-state index contributed by atoms with van der Waals surface area (Å²) in [5.41, 5.74) is 1.50. The number of benzene rings is 2. The van der Waals surface area contributed by atoms with Crippen molar-refractivity contribution in [3.8, 4) is 17.2 Å². The molecule has 9 heteroatoms. The van der Waals surface area contributed by atoms with E-state index in [9.17, 15) is 14.7 Å². The van der Waals surface area contributed by atoms with E-state index in [4.69, 9.17) is 21.1 Å². The molecule has 1 atom stereocenters. The maximum Gasteiger partial charge on any atom is 0.438 e. The number of rotatable bonds is 6. The fourth-order valence-electron chi connectivity index (χ4n) is 3.66. The highest BCUT2D eigenvalue weighted by atomic mass is 35.5.